The van der Waals surface area contributed by atoms with Gasteiger partial charge in [0.2, 0.25) is 5.91 Å². The fraction of sp³-hybridized carbons (Fsp3) is 0.286. The zero-order chi connectivity index (χ0) is 14.7. The van der Waals surface area contributed by atoms with Crippen molar-refractivity contribution >= 4 is 34.4 Å². The number of carbonyl (C=O) groups is 2. The third kappa shape index (κ3) is 2.93. The molecule has 1 aromatic carbocycles. The summed E-state index contributed by atoms with van der Waals surface area (Å²) in [5, 5.41) is 6.58. The van der Waals surface area contributed by atoms with Gasteiger partial charge in [0.05, 0.1) is 5.02 Å². The second-order valence-corrected chi connectivity index (χ2v) is 4.82. The standard InChI is InChI=1S/C14H15ClN2O3/c1-8-10-4-3-5-11(15)13(10)20-12(8)14(19)17-7-6-16-9(2)18/h3-5H,6-7H2,1-2H3,(H,16,18)(H,17,19). The molecule has 0 radical (unpaired) electrons. The molecular formula is C14H15ClN2O3. The van der Waals surface area contributed by atoms with E-state index in [9.17, 15) is 9.59 Å². The lowest BCUT2D eigenvalue weighted by Crippen LogP contribution is -2.33. The number of benzene rings is 1. The van der Waals surface area contributed by atoms with Crippen LogP contribution in [0.3, 0.4) is 0 Å². The van der Waals surface area contributed by atoms with Crippen molar-refractivity contribution in [2.75, 3.05) is 13.1 Å². The molecule has 0 aliphatic rings. The predicted molar refractivity (Wildman–Crippen MR) is 77.0 cm³/mol. The molecule has 20 heavy (non-hydrogen) atoms. The molecule has 0 aliphatic carbocycles. The summed E-state index contributed by atoms with van der Waals surface area (Å²) in [4.78, 5) is 22.7. The van der Waals surface area contributed by atoms with Gasteiger partial charge in [-0.05, 0) is 13.0 Å². The Kier molecular flexibility index (Phi) is 4.29. The van der Waals surface area contributed by atoms with E-state index in [4.69, 9.17) is 16.0 Å². The van der Waals surface area contributed by atoms with Gasteiger partial charge in [0.15, 0.2) is 11.3 Å². The van der Waals surface area contributed by atoms with Crippen molar-refractivity contribution in [3.8, 4) is 0 Å². The fourth-order valence-corrected chi connectivity index (χ4v) is 2.13. The first kappa shape index (κ1) is 14.4. The SMILES string of the molecule is CC(=O)NCCNC(=O)c1oc2c(Cl)cccc2c1C. The van der Waals surface area contributed by atoms with Gasteiger partial charge in [0.25, 0.3) is 5.91 Å². The molecule has 2 N–H and O–H groups in total. The maximum atomic E-state index is 12.0. The fourth-order valence-electron chi connectivity index (χ4n) is 1.92. The molecule has 1 heterocycles. The Labute approximate surface area is 121 Å². The summed E-state index contributed by atoms with van der Waals surface area (Å²) in [6, 6.07) is 5.38. The van der Waals surface area contributed by atoms with E-state index in [1.54, 1.807) is 6.07 Å². The third-order valence-electron chi connectivity index (χ3n) is 2.91. The lowest BCUT2D eigenvalue weighted by atomic mass is 10.1. The summed E-state index contributed by atoms with van der Waals surface area (Å²) < 4.78 is 5.54. The number of halogens is 1. The van der Waals surface area contributed by atoms with Crippen LogP contribution in [-0.4, -0.2) is 24.9 Å². The number of hydrogen-bond acceptors (Lipinski definition) is 3. The average Bonchev–Trinajstić information content (AvgIpc) is 2.74. The normalized spacial score (nSPS) is 10.6. The molecule has 0 saturated carbocycles. The van der Waals surface area contributed by atoms with E-state index in [2.05, 4.69) is 10.6 Å². The van der Waals surface area contributed by atoms with Crippen LogP contribution in [0.4, 0.5) is 0 Å². The summed E-state index contributed by atoms with van der Waals surface area (Å²) in [7, 11) is 0. The van der Waals surface area contributed by atoms with Crippen molar-refractivity contribution in [2.45, 2.75) is 13.8 Å². The number of nitrogens with one attached hydrogen (secondary N) is 2. The van der Waals surface area contributed by atoms with Crippen LogP contribution in [0.5, 0.6) is 0 Å². The van der Waals surface area contributed by atoms with E-state index in [1.165, 1.54) is 6.92 Å². The predicted octanol–water partition coefficient (Wildman–Crippen LogP) is 2.26. The first-order chi connectivity index (χ1) is 9.50. The quantitative estimate of drug-likeness (QED) is 0.850. The maximum absolute atomic E-state index is 12.0. The van der Waals surface area contributed by atoms with Gasteiger partial charge in [-0.15, -0.1) is 0 Å². The summed E-state index contributed by atoms with van der Waals surface area (Å²) >= 11 is 6.04. The summed E-state index contributed by atoms with van der Waals surface area (Å²) in [5.74, 6) is -0.206. The maximum Gasteiger partial charge on any atom is 0.287 e. The Balaban J connectivity index is 2.12. The Morgan fingerprint density at radius 2 is 1.95 bits per heavy atom. The van der Waals surface area contributed by atoms with Crippen molar-refractivity contribution in [3.63, 3.8) is 0 Å². The largest absolute Gasteiger partial charge is 0.449 e. The van der Waals surface area contributed by atoms with Crippen LogP contribution in [0.2, 0.25) is 5.02 Å². The molecule has 0 unspecified atom stereocenters. The number of para-hydroxylation sites is 1. The molecule has 0 bridgehead atoms. The highest BCUT2D eigenvalue weighted by molar-refractivity contribution is 6.35. The lowest BCUT2D eigenvalue weighted by molar-refractivity contribution is -0.118. The van der Waals surface area contributed by atoms with Gasteiger partial charge in [0.1, 0.15) is 0 Å². The Morgan fingerprint density at radius 1 is 1.25 bits per heavy atom. The van der Waals surface area contributed by atoms with Gasteiger partial charge in [-0.3, -0.25) is 9.59 Å². The first-order valence-corrected chi connectivity index (χ1v) is 6.58. The highest BCUT2D eigenvalue weighted by Crippen LogP contribution is 2.30. The van der Waals surface area contributed by atoms with Gasteiger partial charge in [-0.2, -0.15) is 0 Å². The van der Waals surface area contributed by atoms with Crippen LogP contribution in [0.25, 0.3) is 11.0 Å². The molecule has 5 nitrogen and oxygen atoms in total. The molecule has 6 heteroatoms. The summed E-state index contributed by atoms with van der Waals surface area (Å²) in [6.07, 6.45) is 0. The van der Waals surface area contributed by atoms with Crippen LogP contribution in [-0.2, 0) is 4.79 Å². The van der Waals surface area contributed by atoms with Gasteiger partial charge >= 0.3 is 0 Å². The molecule has 0 fully saturated rings. The molecule has 0 spiro atoms. The molecule has 2 amide bonds. The summed E-state index contributed by atoms with van der Waals surface area (Å²) in [6.45, 7) is 3.95. The van der Waals surface area contributed by atoms with Crippen LogP contribution >= 0.6 is 11.6 Å². The Bertz CT molecular complexity index is 664. The first-order valence-electron chi connectivity index (χ1n) is 6.21. The highest BCUT2D eigenvalue weighted by atomic mass is 35.5. The molecule has 0 aliphatic heterocycles. The van der Waals surface area contributed by atoms with E-state index in [-0.39, 0.29) is 17.6 Å². The van der Waals surface area contributed by atoms with Gasteiger partial charge < -0.3 is 15.1 Å². The zero-order valence-corrected chi connectivity index (χ0v) is 12.0. The van der Waals surface area contributed by atoms with Crippen molar-refractivity contribution < 1.29 is 14.0 Å². The minimum absolute atomic E-state index is 0.133. The van der Waals surface area contributed by atoms with Gasteiger partial charge in [-0.25, -0.2) is 0 Å². The molecule has 2 aromatic rings. The molecular weight excluding hydrogens is 280 g/mol. The van der Waals surface area contributed by atoms with Gasteiger partial charge in [0, 0.05) is 31.0 Å². The average molecular weight is 295 g/mol. The molecule has 0 atom stereocenters. The molecule has 1 aromatic heterocycles. The number of aryl methyl sites for hydroxylation is 1. The number of amides is 2. The Hall–Kier alpha value is -2.01. The third-order valence-corrected chi connectivity index (χ3v) is 3.20. The lowest BCUT2D eigenvalue weighted by Gasteiger charge is -2.04. The monoisotopic (exact) mass is 294 g/mol. The van der Waals surface area contributed by atoms with E-state index in [0.29, 0.717) is 23.7 Å². The number of rotatable bonds is 4. The van der Waals surface area contributed by atoms with Gasteiger partial charge in [-0.1, -0.05) is 23.7 Å². The second kappa shape index (κ2) is 5.96. The smallest absolute Gasteiger partial charge is 0.287 e. The molecule has 2 rings (SSSR count). The van der Waals surface area contributed by atoms with E-state index in [1.807, 2.05) is 19.1 Å². The minimum Gasteiger partial charge on any atom is -0.449 e. The molecule has 106 valence electrons. The van der Waals surface area contributed by atoms with Crippen molar-refractivity contribution in [2.24, 2.45) is 0 Å². The van der Waals surface area contributed by atoms with E-state index < -0.39 is 0 Å². The summed E-state index contributed by atoms with van der Waals surface area (Å²) in [5.41, 5.74) is 1.26. The topological polar surface area (TPSA) is 71.3 Å². The van der Waals surface area contributed by atoms with E-state index in [0.717, 1.165) is 10.9 Å². The highest BCUT2D eigenvalue weighted by Gasteiger charge is 2.18. The van der Waals surface area contributed by atoms with Crippen LogP contribution in [0, 0.1) is 6.92 Å². The van der Waals surface area contributed by atoms with Crippen molar-refractivity contribution in [3.05, 3.63) is 34.5 Å². The van der Waals surface area contributed by atoms with Crippen LogP contribution in [0.1, 0.15) is 23.0 Å². The second-order valence-electron chi connectivity index (χ2n) is 4.41. The van der Waals surface area contributed by atoms with Crippen LogP contribution < -0.4 is 10.6 Å². The van der Waals surface area contributed by atoms with Crippen LogP contribution in [0.15, 0.2) is 22.6 Å². The molecule has 0 saturated heterocycles. The number of carbonyl (C=O) groups excluding carboxylic acids is 2. The van der Waals surface area contributed by atoms with Crippen molar-refractivity contribution in [1.82, 2.24) is 10.6 Å². The number of fused-ring (bicyclic) bond motifs is 1. The Morgan fingerprint density at radius 3 is 2.60 bits per heavy atom. The van der Waals surface area contributed by atoms with E-state index >= 15 is 0 Å². The zero-order valence-electron chi connectivity index (χ0n) is 11.2. The number of furan rings is 1. The minimum atomic E-state index is -0.319. The number of hydrogen-bond donors (Lipinski definition) is 2. The van der Waals surface area contributed by atoms with Crippen molar-refractivity contribution in [1.29, 1.82) is 0 Å².